The highest BCUT2D eigenvalue weighted by molar-refractivity contribution is 5.90. The molecule has 0 saturated heterocycles. The van der Waals surface area contributed by atoms with Crippen LogP contribution in [0, 0.1) is 5.92 Å². The van der Waals surface area contributed by atoms with Crippen molar-refractivity contribution in [3.05, 3.63) is 35.9 Å². The molecule has 6 nitrogen and oxygen atoms in total. The first kappa shape index (κ1) is 19.9. The van der Waals surface area contributed by atoms with Gasteiger partial charge in [-0.3, -0.25) is 9.59 Å². The molecule has 1 aliphatic rings. The summed E-state index contributed by atoms with van der Waals surface area (Å²) in [4.78, 5) is 35.9. The lowest BCUT2D eigenvalue weighted by molar-refractivity contribution is -0.142. The van der Waals surface area contributed by atoms with Crippen LogP contribution in [-0.4, -0.2) is 35.0 Å². The van der Waals surface area contributed by atoms with Crippen molar-refractivity contribution >= 4 is 17.8 Å². The summed E-state index contributed by atoms with van der Waals surface area (Å²) in [6, 6.07) is 7.34. The minimum Gasteiger partial charge on any atom is -0.480 e. The number of amides is 2. The summed E-state index contributed by atoms with van der Waals surface area (Å²) in [6.45, 7) is 1.58. The number of carbonyl (C=O) groups excluding carboxylic acids is 2. The van der Waals surface area contributed by atoms with Crippen LogP contribution in [0.5, 0.6) is 0 Å². The largest absolute Gasteiger partial charge is 0.480 e. The highest BCUT2D eigenvalue weighted by atomic mass is 16.4. The Morgan fingerprint density at radius 1 is 1.08 bits per heavy atom. The average Bonchev–Trinajstić information content (AvgIpc) is 2.62. The molecular weight excluding hydrogens is 332 g/mol. The van der Waals surface area contributed by atoms with Gasteiger partial charge in [-0.1, -0.05) is 49.6 Å². The number of carbonyl (C=O) groups is 3. The zero-order valence-corrected chi connectivity index (χ0v) is 15.2. The quantitative estimate of drug-likeness (QED) is 0.663. The molecule has 0 bridgehead atoms. The van der Waals surface area contributed by atoms with Crippen LogP contribution in [0.25, 0.3) is 0 Å². The van der Waals surface area contributed by atoms with Crippen molar-refractivity contribution < 1.29 is 19.5 Å². The highest BCUT2D eigenvalue weighted by Gasteiger charge is 2.25. The molecule has 2 atom stereocenters. The Kier molecular flexibility index (Phi) is 7.63. The second-order valence-electron chi connectivity index (χ2n) is 7.09. The van der Waals surface area contributed by atoms with Gasteiger partial charge < -0.3 is 15.7 Å². The first-order valence-corrected chi connectivity index (χ1v) is 9.32. The van der Waals surface area contributed by atoms with E-state index in [1.165, 1.54) is 6.42 Å². The number of carboxylic acid groups (broad SMARTS) is 1. The molecule has 3 N–H and O–H groups in total. The molecule has 1 saturated carbocycles. The smallest absolute Gasteiger partial charge is 0.326 e. The summed E-state index contributed by atoms with van der Waals surface area (Å²) in [6.07, 6.45) is 6.31. The number of rotatable bonds is 8. The van der Waals surface area contributed by atoms with E-state index in [1.807, 2.05) is 30.3 Å². The van der Waals surface area contributed by atoms with Crippen molar-refractivity contribution in [2.75, 3.05) is 0 Å². The maximum atomic E-state index is 12.3. The molecule has 1 aliphatic carbocycles. The lowest BCUT2D eigenvalue weighted by Crippen LogP contribution is -2.51. The number of benzene rings is 1. The van der Waals surface area contributed by atoms with Crippen molar-refractivity contribution in [1.82, 2.24) is 10.6 Å². The minimum atomic E-state index is -1.09. The van der Waals surface area contributed by atoms with E-state index in [2.05, 4.69) is 10.6 Å². The van der Waals surface area contributed by atoms with E-state index in [-0.39, 0.29) is 12.3 Å². The van der Waals surface area contributed by atoms with Crippen LogP contribution in [0.3, 0.4) is 0 Å². The Morgan fingerprint density at radius 3 is 2.35 bits per heavy atom. The molecule has 26 heavy (non-hydrogen) atoms. The molecular formula is C20H28N2O4. The van der Waals surface area contributed by atoms with Crippen molar-refractivity contribution in [3.8, 4) is 0 Å². The van der Waals surface area contributed by atoms with Gasteiger partial charge >= 0.3 is 5.97 Å². The summed E-state index contributed by atoms with van der Waals surface area (Å²) in [5.74, 6) is -1.33. The average molecular weight is 360 g/mol. The van der Waals surface area contributed by atoms with Gasteiger partial charge in [0.15, 0.2) is 0 Å². The van der Waals surface area contributed by atoms with Crippen LogP contribution in [0.15, 0.2) is 30.3 Å². The summed E-state index contributed by atoms with van der Waals surface area (Å²) in [5.41, 5.74) is 0.828. The number of hydrogen-bond donors (Lipinski definition) is 3. The lowest BCUT2D eigenvalue weighted by Gasteiger charge is -2.22. The fourth-order valence-electron chi connectivity index (χ4n) is 3.37. The summed E-state index contributed by atoms with van der Waals surface area (Å²) in [5, 5.41) is 14.6. The third-order valence-electron chi connectivity index (χ3n) is 4.87. The lowest BCUT2D eigenvalue weighted by atomic mass is 9.87. The van der Waals surface area contributed by atoms with E-state index in [0.717, 1.165) is 31.2 Å². The Hall–Kier alpha value is -2.37. The van der Waals surface area contributed by atoms with Crippen LogP contribution in [0.1, 0.15) is 51.0 Å². The van der Waals surface area contributed by atoms with E-state index in [1.54, 1.807) is 6.92 Å². The van der Waals surface area contributed by atoms with Gasteiger partial charge in [-0.25, -0.2) is 4.79 Å². The van der Waals surface area contributed by atoms with Crippen molar-refractivity contribution in [1.29, 1.82) is 0 Å². The number of nitrogens with one attached hydrogen (secondary N) is 2. The van der Waals surface area contributed by atoms with E-state index in [4.69, 9.17) is 0 Å². The monoisotopic (exact) mass is 360 g/mol. The zero-order chi connectivity index (χ0) is 18.9. The van der Waals surface area contributed by atoms with Gasteiger partial charge in [-0.15, -0.1) is 0 Å². The topological polar surface area (TPSA) is 95.5 Å². The van der Waals surface area contributed by atoms with Crippen molar-refractivity contribution in [2.24, 2.45) is 5.92 Å². The molecule has 0 spiro atoms. The predicted molar refractivity (Wildman–Crippen MR) is 98.5 cm³/mol. The third kappa shape index (κ3) is 6.50. The van der Waals surface area contributed by atoms with Gasteiger partial charge in [0.2, 0.25) is 11.8 Å². The SMILES string of the molecule is C[C@H](NC(=O)CC1CCCCC1)C(=O)N[C@@H](Cc1ccccc1)C(=O)O. The Labute approximate surface area is 154 Å². The van der Waals surface area contributed by atoms with Gasteiger partial charge in [0.1, 0.15) is 12.1 Å². The molecule has 2 rings (SSSR count). The molecule has 2 amide bonds. The maximum absolute atomic E-state index is 12.3. The standard InChI is InChI=1S/C20H28N2O4/c1-14(21-18(23)13-16-10-6-3-7-11-16)19(24)22-17(20(25)26)12-15-8-4-2-5-9-15/h2,4-5,8-9,14,16-17H,3,6-7,10-13H2,1H3,(H,21,23)(H,22,24)(H,25,26)/t14-,17-/m0/s1. The molecule has 0 unspecified atom stereocenters. The highest BCUT2D eigenvalue weighted by Crippen LogP contribution is 2.26. The molecule has 0 heterocycles. The molecule has 0 aliphatic heterocycles. The van der Waals surface area contributed by atoms with Gasteiger partial charge in [-0.2, -0.15) is 0 Å². The molecule has 1 aromatic rings. The van der Waals surface area contributed by atoms with Crippen LogP contribution in [-0.2, 0) is 20.8 Å². The van der Waals surface area contributed by atoms with Crippen molar-refractivity contribution in [3.63, 3.8) is 0 Å². The van der Waals surface area contributed by atoms with Gasteiger partial charge in [-0.05, 0) is 31.2 Å². The molecule has 0 radical (unpaired) electrons. The number of aliphatic carboxylic acids is 1. The minimum absolute atomic E-state index is 0.144. The summed E-state index contributed by atoms with van der Waals surface area (Å²) in [7, 11) is 0. The summed E-state index contributed by atoms with van der Waals surface area (Å²) >= 11 is 0. The predicted octanol–water partition coefficient (Wildman–Crippen LogP) is 2.27. The Balaban J connectivity index is 1.83. The zero-order valence-electron chi connectivity index (χ0n) is 15.2. The second kappa shape index (κ2) is 9.94. The Bertz CT molecular complexity index is 611. The van der Waals surface area contributed by atoms with Crippen LogP contribution in [0.2, 0.25) is 0 Å². The van der Waals surface area contributed by atoms with Crippen LogP contribution in [0.4, 0.5) is 0 Å². The molecule has 0 aromatic heterocycles. The van der Waals surface area contributed by atoms with E-state index >= 15 is 0 Å². The Morgan fingerprint density at radius 2 is 1.73 bits per heavy atom. The fourth-order valence-corrected chi connectivity index (χ4v) is 3.37. The van der Waals surface area contributed by atoms with Gasteiger partial charge in [0.05, 0.1) is 0 Å². The van der Waals surface area contributed by atoms with E-state index in [0.29, 0.717) is 12.3 Å². The number of carboxylic acids is 1. The molecule has 1 aromatic carbocycles. The van der Waals surface area contributed by atoms with Gasteiger partial charge in [0.25, 0.3) is 0 Å². The van der Waals surface area contributed by atoms with Crippen LogP contribution < -0.4 is 10.6 Å². The number of hydrogen-bond acceptors (Lipinski definition) is 3. The fraction of sp³-hybridized carbons (Fsp3) is 0.550. The second-order valence-corrected chi connectivity index (χ2v) is 7.09. The molecule has 6 heteroatoms. The first-order valence-electron chi connectivity index (χ1n) is 9.32. The third-order valence-corrected chi connectivity index (χ3v) is 4.87. The summed E-state index contributed by atoms with van der Waals surface area (Å²) < 4.78 is 0. The first-order chi connectivity index (χ1) is 12.5. The van der Waals surface area contributed by atoms with Crippen LogP contribution >= 0.6 is 0 Å². The van der Waals surface area contributed by atoms with E-state index < -0.39 is 24.0 Å². The van der Waals surface area contributed by atoms with Crippen molar-refractivity contribution in [2.45, 2.75) is 64.0 Å². The molecule has 1 fully saturated rings. The molecule has 142 valence electrons. The van der Waals surface area contributed by atoms with Gasteiger partial charge in [0, 0.05) is 12.8 Å². The van der Waals surface area contributed by atoms with E-state index in [9.17, 15) is 19.5 Å². The normalized spacial score (nSPS) is 17.1. The maximum Gasteiger partial charge on any atom is 0.326 e.